The fraction of sp³-hybridized carbons (Fsp3) is 0.450. The standard InChI is InChI=1S/C20H27NO2Si/c1-20(2,3)24(4,5)23-18-13-12-15-16(18)9-8-10-17(15)21-14-7-6-11-19(21)22/h6-11,14,18H,12-13H2,1-5H3/t18-/m0/s1. The number of hydrogen-bond donors (Lipinski definition) is 0. The molecule has 0 fully saturated rings. The highest BCUT2D eigenvalue weighted by atomic mass is 28.4. The van der Waals surface area contributed by atoms with Gasteiger partial charge in [0.15, 0.2) is 8.32 Å². The van der Waals surface area contributed by atoms with E-state index in [4.69, 9.17) is 4.43 Å². The molecule has 0 unspecified atom stereocenters. The van der Waals surface area contributed by atoms with Gasteiger partial charge < -0.3 is 4.43 Å². The average molecular weight is 342 g/mol. The Kier molecular flexibility index (Phi) is 4.30. The van der Waals surface area contributed by atoms with Crippen molar-refractivity contribution in [3.8, 4) is 5.69 Å². The van der Waals surface area contributed by atoms with Crippen molar-refractivity contribution in [2.75, 3.05) is 0 Å². The molecule has 24 heavy (non-hydrogen) atoms. The van der Waals surface area contributed by atoms with Gasteiger partial charge in [-0.3, -0.25) is 9.36 Å². The summed E-state index contributed by atoms with van der Waals surface area (Å²) in [5.41, 5.74) is 3.53. The van der Waals surface area contributed by atoms with Gasteiger partial charge in [0.1, 0.15) is 0 Å². The Labute approximate surface area is 145 Å². The monoisotopic (exact) mass is 341 g/mol. The normalized spacial score (nSPS) is 17.8. The molecule has 1 heterocycles. The minimum Gasteiger partial charge on any atom is -0.410 e. The summed E-state index contributed by atoms with van der Waals surface area (Å²) >= 11 is 0. The van der Waals surface area contributed by atoms with Gasteiger partial charge in [-0.1, -0.05) is 39.0 Å². The first-order valence-electron chi connectivity index (χ1n) is 8.68. The Hall–Kier alpha value is -1.65. The maximum atomic E-state index is 12.2. The van der Waals surface area contributed by atoms with E-state index in [-0.39, 0.29) is 16.7 Å². The molecular formula is C20H27NO2Si. The minimum absolute atomic E-state index is 0.0136. The maximum Gasteiger partial charge on any atom is 0.255 e. The van der Waals surface area contributed by atoms with E-state index in [1.165, 1.54) is 11.1 Å². The fourth-order valence-electron chi connectivity index (χ4n) is 3.10. The molecule has 1 aromatic heterocycles. The Balaban J connectivity index is 1.98. The van der Waals surface area contributed by atoms with Crippen LogP contribution >= 0.6 is 0 Å². The van der Waals surface area contributed by atoms with Gasteiger partial charge >= 0.3 is 0 Å². The van der Waals surface area contributed by atoms with Crippen LogP contribution in [0.3, 0.4) is 0 Å². The van der Waals surface area contributed by atoms with Gasteiger partial charge in [0, 0.05) is 12.3 Å². The summed E-state index contributed by atoms with van der Waals surface area (Å²) in [5, 5.41) is 0.198. The highest BCUT2D eigenvalue weighted by Crippen LogP contribution is 2.44. The van der Waals surface area contributed by atoms with Crippen LogP contribution in [0.2, 0.25) is 18.1 Å². The van der Waals surface area contributed by atoms with Crippen LogP contribution in [0.25, 0.3) is 5.69 Å². The van der Waals surface area contributed by atoms with Crippen molar-refractivity contribution >= 4 is 8.32 Å². The summed E-state index contributed by atoms with van der Waals surface area (Å²) in [5.74, 6) is 0. The largest absolute Gasteiger partial charge is 0.410 e. The van der Waals surface area contributed by atoms with E-state index in [0.717, 1.165) is 18.5 Å². The van der Waals surface area contributed by atoms with Crippen molar-refractivity contribution in [1.82, 2.24) is 4.57 Å². The van der Waals surface area contributed by atoms with Crippen molar-refractivity contribution in [2.45, 2.75) is 57.8 Å². The molecule has 0 saturated carbocycles. The highest BCUT2D eigenvalue weighted by molar-refractivity contribution is 6.74. The van der Waals surface area contributed by atoms with E-state index in [9.17, 15) is 4.79 Å². The number of nitrogens with zero attached hydrogens (tertiary/aromatic N) is 1. The van der Waals surface area contributed by atoms with Gasteiger partial charge in [-0.15, -0.1) is 0 Å². The highest BCUT2D eigenvalue weighted by Gasteiger charge is 2.41. The number of rotatable bonds is 3. The van der Waals surface area contributed by atoms with Crippen molar-refractivity contribution in [1.29, 1.82) is 0 Å². The van der Waals surface area contributed by atoms with Crippen LogP contribution in [0.4, 0.5) is 0 Å². The van der Waals surface area contributed by atoms with E-state index in [1.807, 2.05) is 24.4 Å². The third-order valence-electron chi connectivity index (χ3n) is 5.52. The van der Waals surface area contributed by atoms with Crippen LogP contribution in [0.15, 0.2) is 47.4 Å². The quantitative estimate of drug-likeness (QED) is 0.748. The van der Waals surface area contributed by atoms with E-state index in [2.05, 4.69) is 39.9 Å². The molecule has 1 aliphatic carbocycles. The van der Waals surface area contributed by atoms with E-state index >= 15 is 0 Å². The number of benzene rings is 1. The molecule has 3 nitrogen and oxygen atoms in total. The SMILES string of the molecule is CC(C)(C)[Si](C)(C)O[C@H]1CCc2c1cccc2-n1ccccc1=O. The van der Waals surface area contributed by atoms with E-state index in [0.29, 0.717) is 0 Å². The molecule has 0 saturated heterocycles. The lowest BCUT2D eigenvalue weighted by Gasteiger charge is -2.38. The Morgan fingerprint density at radius 1 is 1.12 bits per heavy atom. The van der Waals surface area contributed by atoms with Gasteiger partial charge in [-0.05, 0) is 54.2 Å². The smallest absolute Gasteiger partial charge is 0.255 e. The lowest BCUT2D eigenvalue weighted by molar-refractivity contribution is 0.185. The van der Waals surface area contributed by atoms with Gasteiger partial charge in [0.05, 0.1) is 11.8 Å². The van der Waals surface area contributed by atoms with Gasteiger partial charge in [0.2, 0.25) is 0 Å². The number of hydrogen-bond acceptors (Lipinski definition) is 2. The average Bonchev–Trinajstić information content (AvgIpc) is 2.89. The van der Waals surface area contributed by atoms with E-state index in [1.54, 1.807) is 16.7 Å². The lowest BCUT2D eigenvalue weighted by atomic mass is 10.1. The third kappa shape index (κ3) is 3.00. The van der Waals surface area contributed by atoms with Crippen LogP contribution in [0.5, 0.6) is 0 Å². The summed E-state index contributed by atoms with van der Waals surface area (Å²) < 4.78 is 8.41. The van der Waals surface area contributed by atoms with Crippen LogP contribution in [-0.4, -0.2) is 12.9 Å². The molecule has 3 rings (SSSR count). The Morgan fingerprint density at radius 2 is 1.88 bits per heavy atom. The molecule has 1 aromatic carbocycles. The van der Waals surface area contributed by atoms with Crippen molar-refractivity contribution in [3.63, 3.8) is 0 Å². The fourth-order valence-corrected chi connectivity index (χ4v) is 4.41. The Morgan fingerprint density at radius 3 is 2.54 bits per heavy atom. The van der Waals surface area contributed by atoms with Gasteiger partial charge in [-0.25, -0.2) is 0 Å². The summed E-state index contributed by atoms with van der Waals surface area (Å²) in [7, 11) is -1.81. The zero-order chi connectivity index (χ0) is 17.5. The Bertz CT molecular complexity index is 802. The van der Waals surface area contributed by atoms with Crippen LogP contribution in [0.1, 0.15) is 44.4 Å². The second-order valence-electron chi connectivity index (χ2n) is 8.16. The first kappa shape index (κ1) is 17.2. The van der Waals surface area contributed by atoms with Crippen molar-refractivity contribution in [3.05, 3.63) is 64.1 Å². The summed E-state index contributed by atoms with van der Waals surface area (Å²) in [6.45, 7) is 11.4. The molecule has 1 aliphatic rings. The maximum absolute atomic E-state index is 12.2. The van der Waals surface area contributed by atoms with Crippen LogP contribution in [0, 0.1) is 0 Å². The van der Waals surface area contributed by atoms with Crippen LogP contribution in [-0.2, 0) is 10.8 Å². The third-order valence-corrected chi connectivity index (χ3v) is 10.0. The topological polar surface area (TPSA) is 31.2 Å². The molecule has 128 valence electrons. The molecule has 0 aliphatic heterocycles. The molecule has 0 radical (unpaired) electrons. The minimum atomic E-state index is -1.81. The van der Waals surface area contributed by atoms with Crippen molar-refractivity contribution in [2.24, 2.45) is 0 Å². The predicted octanol–water partition coefficient (Wildman–Crippen LogP) is 4.85. The first-order chi connectivity index (χ1) is 11.2. The van der Waals surface area contributed by atoms with Gasteiger partial charge in [-0.2, -0.15) is 0 Å². The molecular weight excluding hydrogens is 314 g/mol. The number of pyridine rings is 1. The molecule has 2 aromatic rings. The molecule has 0 bridgehead atoms. The molecule has 0 N–H and O–H groups in total. The number of aromatic nitrogens is 1. The van der Waals surface area contributed by atoms with Gasteiger partial charge in [0.25, 0.3) is 5.56 Å². The second-order valence-corrected chi connectivity index (χ2v) is 12.9. The summed E-state index contributed by atoms with van der Waals surface area (Å²) in [6.07, 6.45) is 3.97. The zero-order valence-electron chi connectivity index (χ0n) is 15.3. The molecule has 0 amide bonds. The summed E-state index contributed by atoms with van der Waals surface area (Å²) in [4.78, 5) is 12.2. The van der Waals surface area contributed by atoms with Crippen LogP contribution < -0.4 is 5.56 Å². The zero-order valence-corrected chi connectivity index (χ0v) is 16.3. The first-order valence-corrected chi connectivity index (χ1v) is 11.6. The second kappa shape index (κ2) is 6.01. The predicted molar refractivity (Wildman–Crippen MR) is 101 cm³/mol. The molecule has 4 heteroatoms. The molecule has 1 atom stereocenters. The summed E-state index contributed by atoms with van der Waals surface area (Å²) in [6, 6.07) is 11.5. The lowest BCUT2D eigenvalue weighted by Crippen LogP contribution is -2.41. The van der Waals surface area contributed by atoms with E-state index < -0.39 is 8.32 Å². The number of fused-ring (bicyclic) bond motifs is 1. The van der Waals surface area contributed by atoms with Crippen molar-refractivity contribution < 1.29 is 4.43 Å². The molecule has 0 spiro atoms.